The van der Waals surface area contributed by atoms with E-state index in [1.807, 2.05) is 0 Å². The lowest BCUT2D eigenvalue weighted by molar-refractivity contribution is -0.151. The number of ether oxygens (including phenoxy) is 1. The average Bonchev–Trinajstić information content (AvgIpc) is 1.98. The zero-order chi connectivity index (χ0) is 8.85. The molecule has 1 atom stereocenters. The maximum absolute atomic E-state index is 11.5. The molecule has 0 aromatic carbocycles. The molecule has 0 aromatic heterocycles. The van der Waals surface area contributed by atoms with Crippen LogP contribution in [0.4, 0.5) is 4.39 Å². The molecule has 0 heterocycles. The standard InChI is InChI=1S/C7H11FO3/c1-5(6(2)9)7(10)11-4-3-8/h5H,3-4H2,1-2H3. The number of rotatable bonds is 4. The van der Waals surface area contributed by atoms with Gasteiger partial charge in [0.05, 0.1) is 0 Å². The number of ketones is 1. The van der Waals surface area contributed by atoms with Gasteiger partial charge in [-0.2, -0.15) is 0 Å². The molecule has 0 radical (unpaired) electrons. The maximum Gasteiger partial charge on any atom is 0.316 e. The number of carbonyl (C=O) groups excluding carboxylic acids is 2. The number of carbonyl (C=O) groups is 2. The highest BCUT2D eigenvalue weighted by molar-refractivity contribution is 5.97. The molecule has 0 saturated carbocycles. The van der Waals surface area contributed by atoms with Crippen LogP contribution >= 0.6 is 0 Å². The molecule has 0 bridgehead atoms. The number of alkyl halides is 1. The van der Waals surface area contributed by atoms with Crippen molar-refractivity contribution in [2.24, 2.45) is 5.92 Å². The van der Waals surface area contributed by atoms with E-state index >= 15 is 0 Å². The summed E-state index contributed by atoms with van der Waals surface area (Å²) in [4.78, 5) is 21.3. The molecule has 11 heavy (non-hydrogen) atoms. The van der Waals surface area contributed by atoms with Gasteiger partial charge in [-0.1, -0.05) is 0 Å². The van der Waals surface area contributed by atoms with Gasteiger partial charge in [-0.05, 0) is 13.8 Å². The fourth-order valence-electron chi connectivity index (χ4n) is 0.430. The van der Waals surface area contributed by atoms with Crippen LogP contribution in [0.25, 0.3) is 0 Å². The zero-order valence-electron chi connectivity index (χ0n) is 6.59. The van der Waals surface area contributed by atoms with Crippen molar-refractivity contribution in [1.29, 1.82) is 0 Å². The second kappa shape index (κ2) is 4.82. The van der Waals surface area contributed by atoms with Crippen LogP contribution < -0.4 is 0 Å². The normalized spacial score (nSPS) is 12.3. The first-order chi connectivity index (χ1) is 5.09. The Morgan fingerprint density at radius 1 is 1.55 bits per heavy atom. The topological polar surface area (TPSA) is 43.4 Å². The van der Waals surface area contributed by atoms with Crippen LogP contribution in [0.3, 0.4) is 0 Å². The monoisotopic (exact) mass is 162 g/mol. The Morgan fingerprint density at radius 3 is 2.45 bits per heavy atom. The summed E-state index contributed by atoms with van der Waals surface area (Å²) < 4.78 is 15.8. The van der Waals surface area contributed by atoms with Gasteiger partial charge in [-0.3, -0.25) is 9.59 Å². The Balaban J connectivity index is 3.74. The van der Waals surface area contributed by atoms with Gasteiger partial charge in [-0.15, -0.1) is 0 Å². The summed E-state index contributed by atoms with van der Waals surface area (Å²) >= 11 is 0. The molecule has 0 spiro atoms. The summed E-state index contributed by atoms with van der Waals surface area (Å²) in [7, 11) is 0. The maximum atomic E-state index is 11.5. The van der Waals surface area contributed by atoms with Crippen molar-refractivity contribution in [2.75, 3.05) is 13.3 Å². The molecule has 0 aliphatic carbocycles. The number of esters is 1. The molecule has 0 fully saturated rings. The van der Waals surface area contributed by atoms with E-state index in [2.05, 4.69) is 4.74 Å². The van der Waals surface area contributed by atoms with E-state index in [1.165, 1.54) is 13.8 Å². The SMILES string of the molecule is CC(=O)C(C)C(=O)OCCF. The van der Waals surface area contributed by atoms with Crippen molar-refractivity contribution < 1.29 is 18.7 Å². The Morgan fingerprint density at radius 2 is 2.09 bits per heavy atom. The van der Waals surface area contributed by atoms with Gasteiger partial charge in [-0.25, -0.2) is 4.39 Å². The van der Waals surface area contributed by atoms with Crippen LogP contribution in [0.5, 0.6) is 0 Å². The van der Waals surface area contributed by atoms with Gasteiger partial charge in [0.25, 0.3) is 0 Å². The molecule has 0 rings (SSSR count). The predicted molar refractivity (Wildman–Crippen MR) is 36.8 cm³/mol. The lowest BCUT2D eigenvalue weighted by Crippen LogP contribution is -2.21. The molecule has 64 valence electrons. The Bertz CT molecular complexity index is 156. The molecule has 4 heteroatoms. The van der Waals surface area contributed by atoms with Gasteiger partial charge < -0.3 is 4.74 Å². The van der Waals surface area contributed by atoms with Crippen LogP contribution in [0.15, 0.2) is 0 Å². The quantitative estimate of drug-likeness (QED) is 0.452. The van der Waals surface area contributed by atoms with Crippen molar-refractivity contribution >= 4 is 11.8 Å². The molecule has 1 unspecified atom stereocenters. The first kappa shape index (κ1) is 10.1. The van der Waals surface area contributed by atoms with Crippen molar-refractivity contribution in [2.45, 2.75) is 13.8 Å². The van der Waals surface area contributed by atoms with E-state index in [1.54, 1.807) is 0 Å². The van der Waals surface area contributed by atoms with Gasteiger partial charge in [0, 0.05) is 0 Å². The molecule has 0 amide bonds. The predicted octanol–water partition coefficient (Wildman–Crippen LogP) is 0.724. The Hall–Kier alpha value is -0.930. The minimum Gasteiger partial charge on any atom is -0.462 e. The van der Waals surface area contributed by atoms with Crippen molar-refractivity contribution in [1.82, 2.24) is 0 Å². The minimum absolute atomic E-state index is 0.267. The van der Waals surface area contributed by atoms with Crippen LogP contribution in [0.2, 0.25) is 0 Å². The van der Waals surface area contributed by atoms with E-state index in [-0.39, 0.29) is 12.4 Å². The number of halogens is 1. The van der Waals surface area contributed by atoms with Crippen molar-refractivity contribution in [3.63, 3.8) is 0 Å². The van der Waals surface area contributed by atoms with Crippen molar-refractivity contribution in [3.05, 3.63) is 0 Å². The minimum atomic E-state index is -0.776. The van der Waals surface area contributed by atoms with E-state index in [9.17, 15) is 14.0 Å². The third-order valence-electron chi connectivity index (χ3n) is 1.28. The Kier molecular flexibility index (Phi) is 4.41. The summed E-state index contributed by atoms with van der Waals surface area (Å²) in [5.41, 5.74) is 0. The highest BCUT2D eigenvalue weighted by atomic mass is 19.1. The molecule has 3 nitrogen and oxygen atoms in total. The summed E-state index contributed by atoms with van der Waals surface area (Å²) in [6, 6.07) is 0. The second-order valence-corrected chi connectivity index (χ2v) is 2.19. The van der Waals surface area contributed by atoms with Crippen LogP contribution in [-0.4, -0.2) is 25.0 Å². The molecule has 0 aliphatic heterocycles. The molecule has 0 aliphatic rings. The van der Waals surface area contributed by atoms with Crippen LogP contribution in [0.1, 0.15) is 13.8 Å². The average molecular weight is 162 g/mol. The van der Waals surface area contributed by atoms with E-state index < -0.39 is 18.6 Å². The van der Waals surface area contributed by atoms with E-state index in [4.69, 9.17) is 0 Å². The van der Waals surface area contributed by atoms with E-state index in [0.717, 1.165) is 0 Å². The molecule has 0 N–H and O–H groups in total. The highest BCUT2D eigenvalue weighted by Gasteiger charge is 2.18. The second-order valence-electron chi connectivity index (χ2n) is 2.19. The van der Waals surface area contributed by atoms with Gasteiger partial charge in [0.15, 0.2) is 0 Å². The van der Waals surface area contributed by atoms with E-state index in [0.29, 0.717) is 0 Å². The lowest BCUT2D eigenvalue weighted by atomic mass is 10.1. The number of hydrogen-bond donors (Lipinski definition) is 0. The summed E-state index contributed by atoms with van der Waals surface area (Å²) in [5.74, 6) is -1.70. The zero-order valence-corrected chi connectivity index (χ0v) is 6.59. The third kappa shape index (κ3) is 3.70. The van der Waals surface area contributed by atoms with Gasteiger partial charge in [0.1, 0.15) is 25.0 Å². The van der Waals surface area contributed by atoms with Gasteiger partial charge in [0.2, 0.25) is 0 Å². The molecular formula is C7H11FO3. The summed E-state index contributed by atoms with van der Waals surface area (Å²) in [6.07, 6.45) is 0. The highest BCUT2D eigenvalue weighted by Crippen LogP contribution is 1.99. The lowest BCUT2D eigenvalue weighted by Gasteiger charge is -2.05. The van der Waals surface area contributed by atoms with Crippen LogP contribution in [-0.2, 0) is 14.3 Å². The summed E-state index contributed by atoms with van der Waals surface area (Å²) in [6.45, 7) is 1.75. The largest absolute Gasteiger partial charge is 0.462 e. The fourth-order valence-corrected chi connectivity index (χ4v) is 0.430. The first-order valence-electron chi connectivity index (χ1n) is 3.32. The van der Waals surface area contributed by atoms with Gasteiger partial charge >= 0.3 is 5.97 Å². The number of Topliss-reactive ketones (excluding diaryl/α,β-unsaturated/α-hetero) is 1. The Labute approximate surface area is 64.5 Å². The molecule has 0 aromatic rings. The smallest absolute Gasteiger partial charge is 0.316 e. The van der Waals surface area contributed by atoms with Crippen molar-refractivity contribution in [3.8, 4) is 0 Å². The fraction of sp³-hybridized carbons (Fsp3) is 0.714. The summed E-state index contributed by atoms with van der Waals surface area (Å²) in [5, 5.41) is 0. The first-order valence-corrected chi connectivity index (χ1v) is 3.32. The molecule has 0 saturated heterocycles. The number of hydrogen-bond acceptors (Lipinski definition) is 3. The third-order valence-corrected chi connectivity index (χ3v) is 1.28. The van der Waals surface area contributed by atoms with Crippen LogP contribution in [0, 0.1) is 5.92 Å². The molecular weight excluding hydrogens is 151 g/mol.